The summed E-state index contributed by atoms with van der Waals surface area (Å²) in [5.74, 6) is -0.569. The summed E-state index contributed by atoms with van der Waals surface area (Å²) in [6, 6.07) is 20.9. The quantitative estimate of drug-likeness (QED) is 0.0565. The molecule has 1 aliphatic carbocycles. The topological polar surface area (TPSA) is 221 Å². The molecule has 19 nitrogen and oxygen atoms in total. The van der Waals surface area contributed by atoms with Crippen LogP contribution in [0.25, 0.3) is 11.3 Å². The lowest BCUT2D eigenvalue weighted by Crippen LogP contribution is -2.55. The lowest BCUT2D eigenvalue weighted by Gasteiger charge is -2.43. The molecule has 5 N–H and O–H groups in total. The molecular weight excluding hydrogens is 931 g/mol. The number of anilines is 4. The largest absolute Gasteiger partial charge is 0.488 e. The minimum atomic E-state index is -1.47. The number of hydrogen-bond donors (Lipinski definition) is 4. The van der Waals surface area contributed by atoms with Crippen molar-refractivity contribution >= 4 is 46.8 Å². The summed E-state index contributed by atoms with van der Waals surface area (Å²) < 4.78 is 18.2. The summed E-state index contributed by atoms with van der Waals surface area (Å²) in [4.78, 5) is 67.0. The summed E-state index contributed by atoms with van der Waals surface area (Å²) in [6.45, 7) is 13.5. The summed E-state index contributed by atoms with van der Waals surface area (Å²) in [6.07, 6.45) is 6.70. The number of nitrogens with one attached hydrogen (secondary N) is 2. The number of benzene rings is 2. The second-order valence-electron chi connectivity index (χ2n) is 21.2. The van der Waals surface area contributed by atoms with Gasteiger partial charge in [-0.05, 0) is 135 Å². The van der Waals surface area contributed by atoms with E-state index in [0.29, 0.717) is 67.8 Å². The summed E-state index contributed by atoms with van der Waals surface area (Å²) in [5.41, 5.74) is 9.30. The van der Waals surface area contributed by atoms with Gasteiger partial charge < -0.3 is 55.3 Å². The van der Waals surface area contributed by atoms with E-state index in [4.69, 9.17) is 19.9 Å². The first-order valence-corrected chi connectivity index (χ1v) is 25.7. The molecule has 8 rings (SSSR count). The van der Waals surface area contributed by atoms with E-state index in [1.54, 1.807) is 17.0 Å². The van der Waals surface area contributed by atoms with E-state index in [9.17, 15) is 24.3 Å². The van der Waals surface area contributed by atoms with Gasteiger partial charge in [0.1, 0.15) is 36.0 Å². The zero-order valence-corrected chi connectivity index (χ0v) is 43.2. The molecular formula is C54H73N11O8. The van der Waals surface area contributed by atoms with E-state index in [1.807, 2.05) is 89.6 Å². The fourth-order valence-electron chi connectivity index (χ4n) is 10.3. The first-order valence-electron chi connectivity index (χ1n) is 25.7. The molecule has 19 heteroatoms. The van der Waals surface area contributed by atoms with E-state index < -0.39 is 34.8 Å². The molecule has 4 fully saturated rings. The number of nitrogens with two attached hydrogens (primary N) is 1. The minimum Gasteiger partial charge on any atom is -0.488 e. The molecule has 4 aliphatic rings. The van der Waals surface area contributed by atoms with Crippen LogP contribution in [0.2, 0.25) is 0 Å². The molecule has 5 heterocycles. The number of aliphatic carboxylic acids is 1. The zero-order chi connectivity index (χ0) is 51.9. The number of aromatic nitrogens is 3. The van der Waals surface area contributed by atoms with Crippen LogP contribution in [0.1, 0.15) is 84.6 Å². The number of carbonyl (C=O) groups is 4. The normalized spacial score (nSPS) is 20.0. The van der Waals surface area contributed by atoms with Gasteiger partial charge >= 0.3 is 12.1 Å². The van der Waals surface area contributed by atoms with Gasteiger partial charge in [0, 0.05) is 86.6 Å². The molecule has 3 unspecified atom stereocenters. The van der Waals surface area contributed by atoms with Crippen LogP contribution in [-0.2, 0) is 25.7 Å². The number of ether oxygens (including phenoxy) is 3. The number of nitrogens with zero attached hydrogens (tertiary/aromatic N) is 8. The highest BCUT2D eigenvalue weighted by Gasteiger charge is 2.52. The van der Waals surface area contributed by atoms with Crippen molar-refractivity contribution in [1.29, 1.82) is 0 Å². The zero-order valence-electron chi connectivity index (χ0n) is 43.2. The lowest BCUT2D eigenvalue weighted by molar-refractivity contribution is -0.162. The first-order chi connectivity index (χ1) is 35.0. The number of carboxylic acids is 1. The maximum Gasteiger partial charge on any atom is 0.410 e. The Balaban J connectivity index is 0.852. The van der Waals surface area contributed by atoms with E-state index >= 15 is 0 Å². The molecule has 1 saturated carbocycles. The van der Waals surface area contributed by atoms with Crippen LogP contribution in [-0.4, -0.2) is 155 Å². The number of amides is 3. The fraction of sp³-hybridized carbons (Fsp3) is 0.537. The van der Waals surface area contributed by atoms with Crippen molar-refractivity contribution in [3.63, 3.8) is 0 Å². The van der Waals surface area contributed by atoms with Crippen LogP contribution in [0, 0.1) is 5.41 Å². The van der Waals surface area contributed by atoms with E-state index in [0.717, 1.165) is 74.5 Å². The molecule has 4 aromatic rings. The molecule has 392 valence electrons. The van der Waals surface area contributed by atoms with Gasteiger partial charge in [0.25, 0.3) is 0 Å². The second-order valence-corrected chi connectivity index (χ2v) is 21.2. The van der Waals surface area contributed by atoms with Crippen LogP contribution in [0.3, 0.4) is 0 Å². The highest BCUT2D eigenvalue weighted by atomic mass is 16.6. The second kappa shape index (κ2) is 23.0. The van der Waals surface area contributed by atoms with E-state index in [-0.39, 0.29) is 43.7 Å². The van der Waals surface area contributed by atoms with Gasteiger partial charge in [-0.2, -0.15) is 0 Å². The summed E-state index contributed by atoms with van der Waals surface area (Å²) in [5, 5.41) is 24.5. The standard InChI is InChI=1S/C54H73N11O8/c1-36-32-63(52(70)73-53(2,3)4)27-26-62(36)28-29-71-47-30-39(21-24-56-47)65-40-19-20-41(65)34-64(33-40)45-31-44(59-60-48(45)55)42-12-7-8-14-46(42)72-35-37-15-17-38(18-16-37)57-49(66)43(13-9-10-25-61(5)6)58-50(67)54(51(68)69)22-11-23-54/h7-8,12,14-18,21,24,30-31,36,40-41,43H,9-11,13,19-20,22-23,25-29,32-35H2,1-6H3,(H2,55,60)(H,57,66)(H,58,67)(H,68,69)/t36-,40?,41?,43?/m1/s1. The third kappa shape index (κ3) is 12.9. The van der Waals surface area contributed by atoms with Crippen LogP contribution >= 0.6 is 0 Å². The Morgan fingerprint density at radius 3 is 2.34 bits per heavy atom. The molecule has 0 radical (unpaired) electrons. The Hall–Kier alpha value is -6.73. The Morgan fingerprint density at radius 1 is 0.932 bits per heavy atom. The van der Waals surface area contributed by atoms with Crippen LogP contribution in [0.15, 0.2) is 72.9 Å². The van der Waals surface area contributed by atoms with Gasteiger partial charge in [0.15, 0.2) is 5.82 Å². The van der Waals surface area contributed by atoms with Gasteiger partial charge in [-0.15, -0.1) is 10.2 Å². The maximum absolute atomic E-state index is 13.6. The van der Waals surface area contributed by atoms with E-state index in [2.05, 4.69) is 58.4 Å². The third-order valence-corrected chi connectivity index (χ3v) is 14.5. The Kier molecular flexibility index (Phi) is 16.6. The Labute approximate surface area is 428 Å². The van der Waals surface area contributed by atoms with Gasteiger partial charge in [-0.1, -0.05) is 30.7 Å². The van der Waals surface area contributed by atoms with E-state index in [1.165, 1.54) is 0 Å². The molecule has 3 aliphatic heterocycles. The number of para-hydroxylation sites is 1. The van der Waals surface area contributed by atoms with Crippen LogP contribution < -0.4 is 35.6 Å². The van der Waals surface area contributed by atoms with Crippen molar-refractivity contribution in [2.75, 3.05) is 87.4 Å². The first kappa shape index (κ1) is 52.6. The van der Waals surface area contributed by atoms with Crippen molar-refractivity contribution < 1.29 is 38.5 Å². The summed E-state index contributed by atoms with van der Waals surface area (Å²) in [7, 11) is 3.95. The minimum absolute atomic E-state index is 0.174. The van der Waals surface area contributed by atoms with Crippen molar-refractivity contribution in [2.24, 2.45) is 5.41 Å². The van der Waals surface area contributed by atoms with Crippen molar-refractivity contribution in [3.8, 4) is 22.9 Å². The average Bonchev–Trinajstić information content (AvgIpc) is 3.60. The SMILES string of the molecule is C[C@@H]1CN(C(=O)OC(C)(C)C)CCN1CCOc1cc(N2C3CCC2CN(c2cc(-c4ccccc4OCc4ccc(NC(=O)C(CCCCN(C)C)NC(=O)C5(C(=O)O)CCC5)cc4)nnc2N)C3)ccn1. The predicted octanol–water partition coefficient (Wildman–Crippen LogP) is 6.29. The lowest BCUT2D eigenvalue weighted by atomic mass is 9.68. The van der Waals surface area contributed by atoms with Crippen LogP contribution in [0.4, 0.5) is 27.7 Å². The molecule has 2 aromatic carbocycles. The number of piperazine rings is 2. The predicted molar refractivity (Wildman–Crippen MR) is 280 cm³/mol. The van der Waals surface area contributed by atoms with Crippen LogP contribution in [0.5, 0.6) is 11.6 Å². The summed E-state index contributed by atoms with van der Waals surface area (Å²) >= 11 is 0. The van der Waals surface area contributed by atoms with Gasteiger partial charge in [-0.3, -0.25) is 19.3 Å². The molecule has 2 aromatic heterocycles. The number of nitrogen functional groups attached to an aromatic ring is 1. The fourth-order valence-corrected chi connectivity index (χ4v) is 10.3. The Morgan fingerprint density at radius 2 is 1.67 bits per heavy atom. The monoisotopic (exact) mass is 1000 g/mol. The molecule has 0 spiro atoms. The maximum atomic E-state index is 13.6. The number of hydrogen-bond acceptors (Lipinski definition) is 15. The smallest absolute Gasteiger partial charge is 0.410 e. The number of rotatable bonds is 20. The van der Waals surface area contributed by atoms with Crippen molar-refractivity contribution in [2.45, 2.75) is 115 Å². The number of carbonyl (C=O) groups excluding carboxylic acids is 3. The number of carboxylic acid groups (broad SMARTS) is 1. The molecule has 73 heavy (non-hydrogen) atoms. The molecule has 4 atom stereocenters. The number of fused-ring (bicyclic) bond motifs is 2. The molecule has 2 bridgehead atoms. The third-order valence-electron chi connectivity index (χ3n) is 14.5. The number of pyridine rings is 1. The highest BCUT2D eigenvalue weighted by molar-refractivity contribution is 6.05. The van der Waals surface area contributed by atoms with Crippen molar-refractivity contribution in [3.05, 3.63) is 78.5 Å². The van der Waals surface area contributed by atoms with Gasteiger partial charge in [0.05, 0.1) is 11.4 Å². The van der Waals surface area contributed by atoms with Crippen molar-refractivity contribution in [1.82, 2.24) is 35.2 Å². The highest BCUT2D eigenvalue weighted by Crippen LogP contribution is 2.42. The molecule has 3 saturated heterocycles. The number of unbranched alkanes of at least 4 members (excludes halogenated alkanes) is 1. The molecule has 3 amide bonds. The Bertz CT molecular complexity index is 2560. The average molecular weight is 1000 g/mol. The van der Waals surface area contributed by atoms with Gasteiger partial charge in [0.2, 0.25) is 17.7 Å². The van der Waals surface area contributed by atoms with Gasteiger partial charge in [-0.25, -0.2) is 9.78 Å².